The van der Waals surface area contributed by atoms with Crippen LogP contribution in [0.2, 0.25) is 0 Å². The fraction of sp³-hybridized carbons (Fsp3) is 0.136. The molecule has 0 saturated carbocycles. The van der Waals surface area contributed by atoms with E-state index in [1.807, 2.05) is 30.3 Å². The molecule has 0 spiro atoms. The third-order valence-corrected chi connectivity index (χ3v) is 4.55. The minimum atomic E-state index is -0.595. The summed E-state index contributed by atoms with van der Waals surface area (Å²) in [6.45, 7) is 2.19. The molecule has 1 N–H and O–H groups in total. The maximum Gasteiger partial charge on any atom is 0.268 e. The standard InChI is InChI=1S/C22H19N3O3/c1-15-22(27)25(14-16-5-3-2-4-6-16)19-8-7-18(13-20(19)28-15)24-21(26)17-9-11-23-12-10-17/h2-13,15H,14H2,1H3,(H,24,26). The summed E-state index contributed by atoms with van der Waals surface area (Å²) in [4.78, 5) is 30.7. The molecule has 28 heavy (non-hydrogen) atoms. The zero-order valence-corrected chi connectivity index (χ0v) is 15.3. The van der Waals surface area contributed by atoms with Gasteiger partial charge in [-0.3, -0.25) is 14.6 Å². The molecule has 6 heteroatoms. The second kappa shape index (κ2) is 7.52. The minimum absolute atomic E-state index is 0.0927. The van der Waals surface area contributed by atoms with Crippen molar-refractivity contribution in [3.05, 3.63) is 84.2 Å². The number of nitrogens with one attached hydrogen (secondary N) is 1. The molecule has 1 aliphatic heterocycles. The summed E-state index contributed by atoms with van der Waals surface area (Å²) in [6.07, 6.45) is 2.54. The second-order valence-corrected chi connectivity index (χ2v) is 6.54. The Labute approximate surface area is 162 Å². The molecule has 6 nitrogen and oxygen atoms in total. The number of benzene rings is 2. The van der Waals surface area contributed by atoms with E-state index in [9.17, 15) is 9.59 Å². The van der Waals surface area contributed by atoms with E-state index in [1.165, 1.54) is 0 Å². The van der Waals surface area contributed by atoms with E-state index in [2.05, 4.69) is 10.3 Å². The van der Waals surface area contributed by atoms with Crippen LogP contribution in [0.3, 0.4) is 0 Å². The lowest BCUT2D eigenvalue weighted by Crippen LogP contribution is -2.44. The fourth-order valence-electron chi connectivity index (χ4n) is 3.12. The highest BCUT2D eigenvalue weighted by atomic mass is 16.5. The van der Waals surface area contributed by atoms with E-state index in [-0.39, 0.29) is 11.8 Å². The molecule has 4 rings (SSSR count). The largest absolute Gasteiger partial charge is 0.479 e. The highest BCUT2D eigenvalue weighted by Gasteiger charge is 2.31. The molecule has 1 unspecified atom stereocenters. The van der Waals surface area contributed by atoms with Gasteiger partial charge < -0.3 is 15.0 Å². The van der Waals surface area contributed by atoms with Gasteiger partial charge in [0.1, 0.15) is 5.75 Å². The number of ether oxygens (including phenoxy) is 1. The molecular weight excluding hydrogens is 354 g/mol. The molecule has 2 amide bonds. The first kappa shape index (κ1) is 17.7. The van der Waals surface area contributed by atoms with Crippen LogP contribution in [0.4, 0.5) is 11.4 Å². The molecule has 2 aromatic carbocycles. The van der Waals surface area contributed by atoms with Crippen molar-refractivity contribution in [3.8, 4) is 5.75 Å². The molecule has 140 valence electrons. The summed E-state index contributed by atoms with van der Waals surface area (Å²) >= 11 is 0. The average Bonchev–Trinajstić information content (AvgIpc) is 2.72. The Morgan fingerprint density at radius 1 is 1.11 bits per heavy atom. The highest BCUT2D eigenvalue weighted by Crippen LogP contribution is 2.37. The van der Waals surface area contributed by atoms with Gasteiger partial charge >= 0.3 is 0 Å². The van der Waals surface area contributed by atoms with Gasteiger partial charge in [-0.15, -0.1) is 0 Å². The van der Waals surface area contributed by atoms with E-state index in [1.54, 1.807) is 54.5 Å². The Hall–Kier alpha value is -3.67. The van der Waals surface area contributed by atoms with Gasteiger partial charge in [0.2, 0.25) is 0 Å². The molecule has 0 radical (unpaired) electrons. The third-order valence-electron chi connectivity index (χ3n) is 4.55. The van der Waals surface area contributed by atoms with E-state index in [0.717, 1.165) is 5.56 Å². The Kier molecular flexibility index (Phi) is 4.76. The number of anilines is 2. The second-order valence-electron chi connectivity index (χ2n) is 6.54. The van der Waals surface area contributed by atoms with Crippen molar-refractivity contribution in [1.29, 1.82) is 0 Å². The van der Waals surface area contributed by atoms with Crippen LogP contribution in [0.5, 0.6) is 5.75 Å². The van der Waals surface area contributed by atoms with E-state index >= 15 is 0 Å². The van der Waals surface area contributed by atoms with Crippen LogP contribution in [0.15, 0.2) is 73.1 Å². The Bertz CT molecular complexity index is 1010. The number of aromatic nitrogens is 1. The van der Waals surface area contributed by atoms with E-state index in [4.69, 9.17) is 4.74 Å². The fourth-order valence-corrected chi connectivity index (χ4v) is 3.12. The summed E-state index contributed by atoms with van der Waals surface area (Å²) in [5, 5.41) is 2.85. The summed E-state index contributed by atoms with van der Waals surface area (Å²) < 4.78 is 5.79. The number of carbonyl (C=O) groups is 2. The molecule has 2 heterocycles. The van der Waals surface area contributed by atoms with Gasteiger partial charge in [-0.25, -0.2) is 0 Å². The molecule has 0 aliphatic carbocycles. The monoisotopic (exact) mass is 373 g/mol. The number of nitrogens with zero attached hydrogens (tertiary/aromatic N) is 2. The van der Waals surface area contributed by atoms with Crippen LogP contribution in [0.25, 0.3) is 0 Å². The first-order chi connectivity index (χ1) is 13.6. The van der Waals surface area contributed by atoms with E-state index in [0.29, 0.717) is 29.2 Å². The Balaban J connectivity index is 1.60. The SMILES string of the molecule is CC1Oc2cc(NC(=O)c3ccncc3)ccc2N(Cc2ccccc2)C1=O. The molecule has 3 aromatic rings. The summed E-state index contributed by atoms with van der Waals surface area (Å²) in [6, 6.07) is 18.4. The van der Waals surface area contributed by atoms with Crippen molar-refractivity contribution in [1.82, 2.24) is 4.98 Å². The van der Waals surface area contributed by atoms with Crippen LogP contribution < -0.4 is 15.0 Å². The Morgan fingerprint density at radius 3 is 2.61 bits per heavy atom. The van der Waals surface area contributed by atoms with Crippen LogP contribution in [-0.4, -0.2) is 22.9 Å². The zero-order valence-electron chi connectivity index (χ0n) is 15.3. The smallest absolute Gasteiger partial charge is 0.268 e. The van der Waals surface area contributed by atoms with Crippen molar-refractivity contribution in [2.45, 2.75) is 19.6 Å². The lowest BCUT2D eigenvalue weighted by atomic mass is 10.1. The minimum Gasteiger partial charge on any atom is -0.479 e. The topological polar surface area (TPSA) is 71.5 Å². The van der Waals surface area contributed by atoms with Crippen molar-refractivity contribution in [2.75, 3.05) is 10.2 Å². The average molecular weight is 373 g/mol. The number of rotatable bonds is 4. The zero-order chi connectivity index (χ0) is 19.5. The number of amides is 2. The van der Waals surface area contributed by atoms with Crippen molar-refractivity contribution in [2.24, 2.45) is 0 Å². The predicted molar refractivity (Wildman–Crippen MR) is 106 cm³/mol. The number of fused-ring (bicyclic) bond motifs is 1. The van der Waals surface area contributed by atoms with Crippen molar-refractivity contribution >= 4 is 23.2 Å². The molecule has 1 aliphatic rings. The van der Waals surface area contributed by atoms with Gasteiger partial charge in [0.05, 0.1) is 12.2 Å². The number of hydrogen-bond donors (Lipinski definition) is 1. The van der Waals surface area contributed by atoms with Gasteiger partial charge in [-0.2, -0.15) is 0 Å². The van der Waals surface area contributed by atoms with Crippen LogP contribution in [0, 0.1) is 0 Å². The predicted octanol–water partition coefficient (Wildman–Crippen LogP) is 3.65. The molecule has 1 aromatic heterocycles. The number of pyridine rings is 1. The highest BCUT2D eigenvalue weighted by molar-refractivity contribution is 6.05. The van der Waals surface area contributed by atoms with E-state index < -0.39 is 6.10 Å². The van der Waals surface area contributed by atoms with Gasteiger partial charge in [-0.1, -0.05) is 30.3 Å². The normalized spacial score (nSPS) is 15.5. The molecular formula is C22H19N3O3. The summed E-state index contributed by atoms with van der Waals surface area (Å²) in [5.74, 6) is 0.240. The van der Waals surface area contributed by atoms with Crippen LogP contribution >= 0.6 is 0 Å². The maximum absolute atomic E-state index is 12.7. The lowest BCUT2D eigenvalue weighted by molar-refractivity contribution is -0.125. The van der Waals surface area contributed by atoms with Gasteiger partial charge in [-0.05, 0) is 36.8 Å². The first-order valence-electron chi connectivity index (χ1n) is 8.99. The summed E-state index contributed by atoms with van der Waals surface area (Å²) in [5.41, 5.74) is 2.84. The quantitative estimate of drug-likeness (QED) is 0.758. The molecule has 0 saturated heterocycles. The van der Waals surface area contributed by atoms with Crippen LogP contribution in [0.1, 0.15) is 22.8 Å². The van der Waals surface area contributed by atoms with Gasteiger partial charge in [0, 0.05) is 29.7 Å². The number of carbonyl (C=O) groups excluding carboxylic acids is 2. The third kappa shape index (κ3) is 3.57. The number of hydrogen-bond acceptors (Lipinski definition) is 4. The van der Waals surface area contributed by atoms with Gasteiger partial charge in [0.15, 0.2) is 6.10 Å². The molecule has 1 atom stereocenters. The maximum atomic E-state index is 12.7. The van der Waals surface area contributed by atoms with Crippen molar-refractivity contribution in [3.63, 3.8) is 0 Å². The first-order valence-corrected chi connectivity index (χ1v) is 8.99. The molecule has 0 bridgehead atoms. The van der Waals surface area contributed by atoms with Gasteiger partial charge in [0.25, 0.3) is 11.8 Å². The Morgan fingerprint density at radius 2 is 1.86 bits per heavy atom. The van der Waals surface area contributed by atoms with Crippen LogP contribution in [-0.2, 0) is 11.3 Å². The van der Waals surface area contributed by atoms with Crippen molar-refractivity contribution < 1.29 is 14.3 Å². The summed E-state index contributed by atoms with van der Waals surface area (Å²) in [7, 11) is 0. The lowest BCUT2D eigenvalue weighted by Gasteiger charge is -2.33. The molecule has 0 fully saturated rings.